The monoisotopic (exact) mass is 862 g/mol. The van der Waals surface area contributed by atoms with Crippen LogP contribution in [0.4, 0.5) is 23.7 Å². The highest BCUT2D eigenvalue weighted by Gasteiger charge is 2.40. The molecule has 7 rings (SSSR count). The largest absolute Gasteiger partial charge is 0.392 e. The highest BCUT2D eigenvalue weighted by molar-refractivity contribution is 7.89. The Balaban J connectivity index is 1.02. The number of nitrogens with one attached hydrogen (secondary N) is 1. The molecule has 0 unspecified atom stereocenters. The third kappa shape index (κ3) is 9.48. The average molecular weight is 863 g/mol. The molecule has 3 aliphatic rings. The van der Waals surface area contributed by atoms with E-state index in [9.17, 15) is 31.9 Å². The van der Waals surface area contributed by atoms with Gasteiger partial charge in [0.2, 0.25) is 10.0 Å². The predicted molar refractivity (Wildman–Crippen MR) is 220 cm³/mol. The van der Waals surface area contributed by atoms with E-state index in [-0.39, 0.29) is 67.6 Å². The second-order valence-corrected chi connectivity index (χ2v) is 18.1. The molecule has 2 N–H and O–H groups in total. The van der Waals surface area contributed by atoms with Crippen LogP contribution in [0, 0.1) is 28.8 Å². The number of urea groups is 1. The number of nitriles is 1. The van der Waals surface area contributed by atoms with E-state index in [1.54, 1.807) is 52.3 Å². The smallest absolute Gasteiger partial charge is 0.322 e. The maximum atomic E-state index is 15.1. The zero-order chi connectivity index (χ0) is 42.6. The molecule has 16 heteroatoms. The summed E-state index contributed by atoms with van der Waals surface area (Å²) < 4.78 is 71.9. The molecule has 3 saturated heterocycles. The maximum absolute atomic E-state index is 15.1. The van der Waals surface area contributed by atoms with Gasteiger partial charge >= 0.3 is 6.03 Å². The number of carbonyl (C=O) groups is 2. The maximum Gasteiger partial charge on any atom is 0.322 e. The topological polar surface area (TPSA) is 137 Å². The molecule has 3 fully saturated rings. The number of likely N-dealkylation sites (tertiary alicyclic amines) is 2. The van der Waals surface area contributed by atoms with Crippen LogP contribution >= 0.6 is 11.6 Å². The van der Waals surface area contributed by atoms with Crippen molar-refractivity contribution in [2.75, 3.05) is 50.7 Å². The number of β-amino-alcohol motifs (C(OH)–C–C–N with tert-alkyl or cyclic N) is 1. The highest BCUT2D eigenvalue weighted by Crippen LogP contribution is 2.41. The van der Waals surface area contributed by atoms with E-state index in [0.717, 1.165) is 27.6 Å². The van der Waals surface area contributed by atoms with Gasteiger partial charge in [-0.25, -0.2) is 26.4 Å². The van der Waals surface area contributed by atoms with E-state index < -0.39 is 44.0 Å². The Kier molecular flexibility index (Phi) is 13.2. The summed E-state index contributed by atoms with van der Waals surface area (Å²) in [6.45, 7) is 2.53. The number of anilines is 1. The van der Waals surface area contributed by atoms with E-state index >= 15 is 4.39 Å². The molecular weight excluding hydrogens is 817 g/mol. The minimum atomic E-state index is -4.34. The summed E-state index contributed by atoms with van der Waals surface area (Å²) in [6, 6.07) is 22.7. The van der Waals surface area contributed by atoms with E-state index in [4.69, 9.17) is 16.9 Å². The SMILES string of the molecule is N#Cc1ccc(CNC(=O)N(c2cccc(F)c2)C2CCN(CCC3(c4cccc(F)c4)CCN(C(=O)c4cc(S(=O)(=O)N5CC[C@H](O)C5)c(F)cc4Cl)CC3)CC2)cc1. The van der Waals surface area contributed by atoms with Crippen molar-refractivity contribution in [3.8, 4) is 6.07 Å². The number of benzene rings is 4. The Morgan fingerprint density at radius 3 is 2.22 bits per heavy atom. The number of aliphatic hydroxyl groups is 1. The van der Waals surface area contributed by atoms with Crippen LogP contribution in [-0.2, 0) is 22.0 Å². The number of aliphatic hydroxyl groups excluding tert-OH is 1. The Morgan fingerprint density at radius 1 is 0.900 bits per heavy atom. The molecule has 316 valence electrons. The number of hydrogen-bond donors (Lipinski definition) is 2. The predicted octanol–water partition coefficient (Wildman–Crippen LogP) is 6.83. The van der Waals surface area contributed by atoms with Gasteiger partial charge in [-0.2, -0.15) is 9.57 Å². The van der Waals surface area contributed by atoms with Crippen LogP contribution in [0.25, 0.3) is 0 Å². The van der Waals surface area contributed by atoms with E-state index in [1.807, 2.05) is 6.07 Å². The summed E-state index contributed by atoms with van der Waals surface area (Å²) in [5, 5.41) is 21.8. The Morgan fingerprint density at radius 2 is 1.58 bits per heavy atom. The number of sulfonamides is 1. The number of nitrogens with zero attached hydrogens (tertiary/aromatic N) is 5. The van der Waals surface area contributed by atoms with Crippen LogP contribution < -0.4 is 10.2 Å². The number of halogens is 4. The Bertz CT molecular complexity index is 2370. The molecule has 1 atom stereocenters. The first-order valence-electron chi connectivity index (χ1n) is 20.0. The molecule has 4 aromatic rings. The van der Waals surface area contributed by atoms with Crippen molar-refractivity contribution < 1.29 is 36.3 Å². The lowest BCUT2D eigenvalue weighted by Crippen LogP contribution is -2.51. The first-order valence-corrected chi connectivity index (χ1v) is 21.8. The number of rotatable bonds is 11. The third-order valence-corrected chi connectivity index (χ3v) is 14.3. The van der Waals surface area contributed by atoms with Gasteiger partial charge in [-0.1, -0.05) is 41.9 Å². The summed E-state index contributed by atoms with van der Waals surface area (Å²) in [5.74, 6) is -2.46. The summed E-state index contributed by atoms with van der Waals surface area (Å²) in [4.78, 5) is 32.4. The van der Waals surface area contributed by atoms with Gasteiger partial charge in [0.05, 0.1) is 28.3 Å². The number of carbonyl (C=O) groups excluding carboxylic acids is 2. The number of hydrogen-bond acceptors (Lipinski definition) is 7. The van der Waals surface area contributed by atoms with Crippen molar-refractivity contribution in [3.63, 3.8) is 0 Å². The summed E-state index contributed by atoms with van der Waals surface area (Å²) >= 11 is 6.36. The fourth-order valence-electron chi connectivity index (χ4n) is 8.62. The molecule has 3 amide bonds. The van der Waals surface area contributed by atoms with Crippen LogP contribution in [0.5, 0.6) is 0 Å². The van der Waals surface area contributed by atoms with Gasteiger partial charge in [0.1, 0.15) is 22.3 Å². The van der Waals surface area contributed by atoms with Crippen molar-refractivity contribution in [2.24, 2.45) is 0 Å². The van der Waals surface area contributed by atoms with Crippen molar-refractivity contribution in [1.82, 2.24) is 19.4 Å². The van der Waals surface area contributed by atoms with E-state index in [1.165, 1.54) is 24.3 Å². The molecule has 3 aliphatic heterocycles. The first kappa shape index (κ1) is 43.1. The molecule has 3 heterocycles. The standard InChI is InChI=1S/C44H46ClF3N6O5S/c45-39-26-40(48)41(60(58,59)53-19-13-37(55)29-53)25-38(39)42(56)52-21-15-44(16-22-52,32-3-1-4-33(46)23-32)14-20-51-17-11-35(12-18-51)54(36-6-2-5-34(47)24-36)43(57)50-28-31-9-7-30(27-49)8-10-31/h1-10,23-26,35,37,55H,11-22,28-29H2,(H,50,57)/t37-/m0/s1. The summed E-state index contributed by atoms with van der Waals surface area (Å²) in [7, 11) is -4.34. The van der Waals surface area contributed by atoms with Crippen molar-refractivity contribution in [1.29, 1.82) is 5.26 Å². The van der Waals surface area contributed by atoms with Crippen LogP contribution in [0.2, 0.25) is 5.02 Å². The van der Waals surface area contributed by atoms with Gasteiger partial charge in [-0.05, 0) is 116 Å². The second kappa shape index (κ2) is 18.3. The van der Waals surface area contributed by atoms with Crippen molar-refractivity contribution in [3.05, 3.63) is 130 Å². The van der Waals surface area contributed by atoms with Crippen molar-refractivity contribution >= 4 is 39.2 Å². The molecule has 0 aliphatic carbocycles. The molecule has 4 aromatic carbocycles. The first-order chi connectivity index (χ1) is 28.8. The van der Waals surface area contributed by atoms with Gasteiger partial charge in [-0.15, -0.1) is 0 Å². The number of amides is 3. The molecule has 0 spiro atoms. The zero-order valence-corrected chi connectivity index (χ0v) is 34.4. The zero-order valence-electron chi connectivity index (χ0n) is 32.9. The van der Waals surface area contributed by atoms with Gasteiger partial charge in [0, 0.05) is 57.5 Å². The van der Waals surface area contributed by atoms with Crippen LogP contribution in [0.15, 0.2) is 89.8 Å². The van der Waals surface area contributed by atoms with Gasteiger partial charge in [0.25, 0.3) is 5.91 Å². The van der Waals surface area contributed by atoms with Gasteiger partial charge < -0.3 is 20.2 Å². The lowest BCUT2D eigenvalue weighted by atomic mass is 9.70. The molecule has 0 saturated carbocycles. The lowest BCUT2D eigenvalue weighted by molar-refractivity contribution is 0.0644. The lowest BCUT2D eigenvalue weighted by Gasteiger charge is -2.44. The van der Waals surface area contributed by atoms with Crippen molar-refractivity contribution in [2.45, 2.75) is 67.5 Å². The molecule has 0 aromatic heterocycles. The Labute approximate surface area is 353 Å². The average Bonchev–Trinajstić information content (AvgIpc) is 3.70. The van der Waals surface area contributed by atoms with Gasteiger partial charge in [-0.3, -0.25) is 9.69 Å². The van der Waals surface area contributed by atoms with E-state index in [0.29, 0.717) is 63.0 Å². The molecular formula is C44H46ClF3N6O5S. The summed E-state index contributed by atoms with van der Waals surface area (Å²) in [5.41, 5.74) is 1.93. The highest BCUT2D eigenvalue weighted by atomic mass is 35.5. The Hall–Kier alpha value is -4.98. The van der Waals surface area contributed by atoms with Crippen LogP contribution in [0.1, 0.15) is 65.6 Å². The fourth-order valence-corrected chi connectivity index (χ4v) is 10.4. The van der Waals surface area contributed by atoms with Gasteiger partial charge in [0.15, 0.2) is 0 Å². The van der Waals surface area contributed by atoms with Crippen LogP contribution in [-0.4, -0.2) is 97.5 Å². The molecule has 0 bridgehead atoms. The quantitative estimate of drug-likeness (QED) is 0.169. The van der Waals surface area contributed by atoms with E-state index in [2.05, 4.69) is 16.3 Å². The third-order valence-electron chi connectivity index (χ3n) is 12.1. The van der Waals surface area contributed by atoms with Crippen LogP contribution in [0.3, 0.4) is 0 Å². The fraction of sp³-hybridized carbons (Fsp3) is 0.386. The number of piperidine rings is 2. The molecule has 0 radical (unpaired) electrons. The molecule has 11 nitrogen and oxygen atoms in total. The second-order valence-electron chi connectivity index (χ2n) is 15.8. The molecule has 60 heavy (non-hydrogen) atoms. The summed E-state index contributed by atoms with van der Waals surface area (Å²) in [6.07, 6.45) is 2.18. The minimum absolute atomic E-state index is 0.0215. The normalized spacial score (nSPS) is 18.9. The minimum Gasteiger partial charge on any atom is -0.392 e.